The van der Waals surface area contributed by atoms with E-state index in [2.05, 4.69) is 6.07 Å². The predicted octanol–water partition coefficient (Wildman–Crippen LogP) is 3.00. The lowest BCUT2D eigenvalue weighted by Crippen LogP contribution is -2.53. The molecule has 0 amide bonds. The third-order valence-corrected chi connectivity index (χ3v) is 6.32. The Morgan fingerprint density at radius 3 is 2.24 bits per heavy atom. The minimum absolute atomic E-state index is 0.0872. The summed E-state index contributed by atoms with van der Waals surface area (Å²) in [4.78, 5) is 0.429. The Morgan fingerprint density at radius 2 is 1.83 bits per heavy atom. The van der Waals surface area contributed by atoms with E-state index in [-0.39, 0.29) is 23.0 Å². The van der Waals surface area contributed by atoms with Crippen LogP contribution in [0.1, 0.15) is 12.5 Å². The Labute approximate surface area is 169 Å². The molecule has 2 aromatic rings. The van der Waals surface area contributed by atoms with Crippen LogP contribution in [-0.4, -0.2) is 27.2 Å². The van der Waals surface area contributed by atoms with Crippen molar-refractivity contribution < 1.29 is 40.7 Å². The van der Waals surface area contributed by atoms with Gasteiger partial charge in [-0.25, -0.2) is 5.41 Å². The van der Waals surface area contributed by atoms with Crippen molar-refractivity contribution in [2.75, 3.05) is 20.0 Å². The second-order valence-electron chi connectivity index (χ2n) is 5.12. The van der Waals surface area contributed by atoms with Crippen molar-refractivity contribution in [3.05, 3.63) is 41.4 Å². The van der Waals surface area contributed by atoms with Crippen molar-refractivity contribution >= 4 is 31.9 Å². The van der Waals surface area contributed by atoms with Crippen LogP contribution in [0.5, 0.6) is 0 Å². The first-order chi connectivity index (χ1) is 13.5. The van der Waals surface area contributed by atoms with Crippen molar-refractivity contribution in [1.29, 1.82) is 5.26 Å². The highest BCUT2D eigenvalue weighted by atomic mass is 32.2. The van der Waals surface area contributed by atoms with Gasteiger partial charge in [0.1, 0.15) is 11.6 Å². The lowest BCUT2D eigenvalue weighted by molar-refractivity contribution is -0.196. The molecule has 0 bridgehead atoms. The fourth-order valence-electron chi connectivity index (χ4n) is 2.27. The molecule has 0 aliphatic rings. The van der Waals surface area contributed by atoms with Crippen molar-refractivity contribution in [3.8, 4) is 17.4 Å². The third kappa shape index (κ3) is 6.75. The van der Waals surface area contributed by atoms with Gasteiger partial charge in [-0.1, -0.05) is 30.3 Å². The van der Waals surface area contributed by atoms with Crippen LogP contribution in [0.3, 0.4) is 0 Å². The molecule has 1 heterocycles. The molecule has 1 atom stereocenters. The molecule has 2 N–H and O–H groups in total. The number of nitrogens with two attached hydrogens (primary N) is 1. The van der Waals surface area contributed by atoms with Crippen LogP contribution in [-0.2, 0) is 13.6 Å². The van der Waals surface area contributed by atoms with E-state index in [1.165, 1.54) is 18.9 Å². The van der Waals surface area contributed by atoms with Gasteiger partial charge < -0.3 is 30.7 Å². The normalized spacial score (nSPS) is 13.0. The summed E-state index contributed by atoms with van der Waals surface area (Å²) in [7, 11) is -8.41. The first-order valence-corrected chi connectivity index (χ1v) is 10.8. The molecule has 0 saturated carbocycles. The average molecular weight is 452 g/mol. The number of hydrogen-bond acceptors (Lipinski definition) is 6. The summed E-state index contributed by atoms with van der Waals surface area (Å²) in [5.41, 5.74) is 0.858. The van der Waals surface area contributed by atoms with E-state index in [0.717, 1.165) is 0 Å². The predicted molar refractivity (Wildman–Crippen MR) is 102 cm³/mol. The van der Waals surface area contributed by atoms with Gasteiger partial charge in [0.2, 0.25) is 0 Å². The summed E-state index contributed by atoms with van der Waals surface area (Å²) < 4.78 is 68.1. The number of nitriles is 1. The summed E-state index contributed by atoms with van der Waals surface area (Å²) in [5, 5.41) is 15.8. The second-order valence-corrected chi connectivity index (χ2v) is 8.00. The van der Waals surface area contributed by atoms with Gasteiger partial charge >= 0.3 is 20.4 Å². The molecule has 1 aromatic heterocycles. The number of benzene rings is 1. The van der Waals surface area contributed by atoms with Crippen LogP contribution in [0.15, 0.2) is 39.6 Å². The molecular weight excluding hydrogens is 434 g/mol. The van der Waals surface area contributed by atoms with E-state index in [1.54, 1.807) is 25.3 Å². The molecule has 0 saturated heterocycles. The highest BCUT2D eigenvalue weighted by Crippen LogP contribution is 2.48. The largest absolute Gasteiger partial charge is 0.673 e. The summed E-state index contributed by atoms with van der Waals surface area (Å²) in [6.07, 6.45) is 1.76. The van der Waals surface area contributed by atoms with E-state index in [4.69, 9.17) is 18.9 Å². The molecule has 158 valence electrons. The molecule has 1 unspecified atom stereocenters. The minimum Gasteiger partial charge on any atom is -0.418 e. The van der Waals surface area contributed by atoms with E-state index in [9.17, 15) is 27.1 Å². The Hall–Kier alpha value is -2.06. The number of thioether (sulfide) groups is 1. The fourth-order valence-corrected chi connectivity index (χ4v) is 4.95. The molecule has 29 heavy (non-hydrogen) atoms. The standard InChI is InChI=1S/C16H17N2O4PS.BF4/c1-4-21-23(19,20-2)14-15(24-3)12(10-17)13(22-16(14)18)11-8-6-5-7-9-11;2-1(3,4)5/h5-9,18H,4H2,1-3H3;/q;-1/p+1. The summed E-state index contributed by atoms with van der Waals surface area (Å²) >= 11 is 1.24. The average Bonchev–Trinajstić information content (AvgIpc) is 2.66. The van der Waals surface area contributed by atoms with Crippen LogP contribution >= 0.6 is 19.4 Å². The molecule has 0 aliphatic carbocycles. The van der Waals surface area contributed by atoms with E-state index in [1.807, 2.05) is 18.2 Å². The first kappa shape index (κ1) is 25.0. The molecule has 0 aliphatic heterocycles. The van der Waals surface area contributed by atoms with Gasteiger partial charge in [0, 0.05) is 12.7 Å². The molecule has 13 heteroatoms. The van der Waals surface area contributed by atoms with E-state index in [0.29, 0.717) is 16.2 Å². The molecule has 0 radical (unpaired) electrons. The van der Waals surface area contributed by atoms with Crippen LogP contribution in [0.4, 0.5) is 17.3 Å². The maximum absolute atomic E-state index is 13.0. The van der Waals surface area contributed by atoms with Crippen molar-refractivity contribution in [2.45, 2.75) is 11.8 Å². The molecule has 0 spiro atoms. The molecular formula is C16H18BF4N2O4PS. The van der Waals surface area contributed by atoms with E-state index >= 15 is 0 Å². The van der Waals surface area contributed by atoms with Crippen LogP contribution in [0.25, 0.3) is 11.3 Å². The number of rotatable bonds is 6. The lowest BCUT2D eigenvalue weighted by Gasteiger charge is -2.17. The van der Waals surface area contributed by atoms with Gasteiger partial charge in [-0.3, -0.25) is 4.57 Å². The zero-order chi connectivity index (χ0) is 22.2. The zero-order valence-corrected chi connectivity index (χ0v) is 17.4. The zero-order valence-electron chi connectivity index (χ0n) is 15.7. The van der Waals surface area contributed by atoms with E-state index < -0.39 is 14.9 Å². The van der Waals surface area contributed by atoms with Crippen molar-refractivity contribution in [1.82, 2.24) is 0 Å². The quantitative estimate of drug-likeness (QED) is 0.313. The highest BCUT2D eigenvalue weighted by Gasteiger charge is 2.37. The SMILES string of the molecule is CCOP(=O)(OC)c1c(SC)c(C#N)c(-c2ccccc2)oc1=[NH2+].F[B-](F)(F)F. The van der Waals surface area contributed by atoms with Gasteiger partial charge in [-0.15, -0.1) is 11.8 Å². The number of halogens is 4. The monoisotopic (exact) mass is 452 g/mol. The second kappa shape index (κ2) is 10.6. The summed E-state index contributed by atoms with van der Waals surface area (Å²) in [5.74, 6) is 0.322. The van der Waals surface area contributed by atoms with Gasteiger partial charge in [0.25, 0.3) is 0 Å². The number of hydrogen-bond donors (Lipinski definition) is 1. The molecule has 1 aromatic carbocycles. The molecule has 0 fully saturated rings. The van der Waals surface area contributed by atoms with Crippen LogP contribution in [0.2, 0.25) is 0 Å². The van der Waals surface area contributed by atoms with Crippen molar-refractivity contribution in [2.24, 2.45) is 0 Å². The fraction of sp³-hybridized carbons (Fsp3) is 0.250. The topological polar surface area (TPSA) is 98.1 Å². The van der Waals surface area contributed by atoms with Gasteiger partial charge in [-0.05, 0) is 13.2 Å². The summed E-state index contributed by atoms with van der Waals surface area (Å²) in [6.45, 7) is 1.86. The smallest absolute Gasteiger partial charge is 0.418 e. The van der Waals surface area contributed by atoms with Gasteiger partial charge in [0.15, 0.2) is 11.1 Å². The number of nitrogens with zero attached hydrogens (tertiary/aromatic N) is 1. The van der Waals surface area contributed by atoms with Crippen LogP contribution < -0.4 is 16.3 Å². The Balaban J connectivity index is 0.000000749. The maximum Gasteiger partial charge on any atom is 0.673 e. The molecule has 6 nitrogen and oxygen atoms in total. The maximum atomic E-state index is 13.0. The summed E-state index contributed by atoms with van der Waals surface area (Å²) in [6, 6.07) is 11.2. The lowest BCUT2D eigenvalue weighted by atomic mass is 10.1. The third-order valence-electron chi connectivity index (χ3n) is 3.28. The highest BCUT2D eigenvalue weighted by molar-refractivity contribution is 7.99. The van der Waals surface area contributed by atoms with Crippen molar-refractivity contribution in [3.63, 3.8) is 0 Å². The molecule has 2 rings (SSSR count). The van der Waals surface area contributed by atoms with Gasteiger partial charge in [-0.2, -0.15) is 5.26 Å². The Kier molecular flexibility index (Phi) is 9.17. The minimum atomic E-state index is -6.00. The Bertz CT molecular complexity index is 974. The van der Waals surface area contributed by atoms with Gasteiger partial charge in [0.05, 0.1) is 11.5 Å². The first-order valence-electron chi connectivity index (χ1n) is 7.99. The Morgan fingerprint density at radius 1 is 1.28 bits per heavy atom. The van der Waals surface area contributed by atoms with Crippen LogP contribution in [0, 0.1) is 11.3 Å².